The predicted molar refractivity (Wildman–Crippen MR) is 144 cm³/mol. The Labute approximate surface area is 230 Å². The van der Waals surface area contributed by atoms with Crippen LogP contribution in [0, 0.1) is 17.3 Å². The molecule has 7 rings (SSSR count). The van der Waals surface area contributed by atoms with Crippen molar-refractivity contribution in [1.82, 2.24) is 9.88 Å². The van der Waals surface area contributed by atoms with E-state index in [1.165, 1.54) is 0 Å². The number of methoxy groups -OCH3 is 1. The molecule has 1 aliphatic carbocycles. The first-order valence-electron chi connectivity index (χ1n) is 13.1. The van der Waals surface area contributed by atoms with E-state index in [1.54, 1.807) is 19.5 Å². The fourth-order valence-electron chi connectivity index (χ4n) is 7.75. The summed E-state index contributed by atoms with van der Waals surface area (Å²) in [5.74, 6) is 0.0733. The second-order valence-corrected chi connectivity index (χ2v) is 12.2. The summed E-state index contributed by atoms with van der Waals surface area (Å²) < 4.78 is 19.2. The fraction of sp³-hybridized carbons (Fsp3) is 0.433. The third kappa shape index (κ3) is 3.18. The standard InChI is InChI=1S/C30H31BrN2O5/c1-36-24-11-32-12-25-27(24)29(35)23(13-33-15-28(16-33)17-37-18-28)22(14-34)26(19-5-3-2-4-6-19)30(29,38-25)20-7-9-21(31)10-8-20/h2-12,22-23,26,34-35H,13-18H2,1H3/t22-,23-,26+,29+,30-/m0/s1. The van der Waals surface area contributed by atoms with Gasteiger partial charge in [-0.2, -0.15) is 0 Å². The number of fused-ring (bicyclic) bond motifs is 3. The van der Waals surface area contributed by atoms with Crippen LogP contribution in [0.15, 0.2) is 71.5 Å². The normalized spacial score (nSPS) is 32.7. The smallest absolute Gasteiger partial charge is 0.174 e. The van der Waals surface area contributed by atoms with Crippen LogP contribution in [0.3, 0.4) is 0 Å². The van der Waals surface area contributed by atoms with Crippen molar-refractivity contribution < 1.29 is 24.4 Å². The lowest BCUT2D eigenvalue weighted by molar-refractivity contribution is -0.200. The van der Waals surface area contributed by atoms with E-state index in [0.29, 0.717) is 23.6 Å². The van der Waals surface area contributed by atoms with E-state index in [2.05, 4.69) is 37.9 Å². The molecule has 3 aromatic rings. The summed E-state index contributed by atoms with van der Waals surface area (Å²) >= 11 is 3.57. The first-order valence-corrected chi connectivity index (χ1v) is 13.9. The number of pyridine rings is 1. The topological polar surface area (TPSA) is 84.3 Å². The molecule has 5 atom stereocenters. The van der Waals surface area contributed by atoms with Crippen LogP contribution in [0.25, 0.3) is 0 Å². The van der Waals surface area contributed by atoms with Gasteiger partial charge in [0.1, 0.15) is 17.1 Å². The molecule has 7 nitrogen and oxygen atoms in total. The summed E-state index contributed by atoms with van der Waals surface area (Å²) in [7, 11) is 1.60. The Hall–Kier alpha value is -2.49. The number of rotatable bonds is 6. The molecule has 1 aromatic heterocycles. The minimum absolute atomic E-state index is 0.0843. The minimum atomic E-state index is -1.49. The van der Waals surface area contributed by atoms with E-state index in [1.807, 2.05) is 42.5 Å². The number of ether oxygens (including phenoxy) is 3. The van der Waals surface area contributed by atoms with Crippen LogP contribution in [-0.4, -0.2) is 66.7 Å². The van der Waals surface area contributed by atoms with Crippen LogP contribution in [0.5, 0.6) is 11.5 Å². The number of aliphatic hydroxyl groups excluding tert-OH is 1. The lowest BCUT2D eigenvalue weighted by Gasteiger charge is -2.56. The van der Waals surface area contributed by atoms with E-state index >= 15 is 0 Å². The summed E-state index contributed by atoms with van der Waals surface area (Å²) in [4.78, 5) is 6.76. The molecule has 198 valence electrons. The molecule has 8 heteroatoms. The van der Waals surface area contributed by atoms with Crippen LogP contribution in [-0.2, 0) is 15.9 Å². The van der Waals surface area contributed by atoms with Gasteiger partial charge in [-0.15, -0.1) is 0 Å². The monoisotopic (exact) mass is 578 g/mol. The lowest BCUT2D eigenvalue weighted by Crippen LogP contribution is -2.67. The van der Waals surface area contributed by atoms with Crippen LogP contribution < -0.4 is 9.47 Å². The number of halogens is 1. The minimum Gasteiger partial charge on any atom is -0.495 e. The van der Waals surface area contributed by atoms with Gasteiger partial charge < -0.3 is 29.3 Å². The molecular formula is C30H31BrN2O5. The van der Waals surface area contributed by atoms with Crippen molar-refractivity contribution in [2.45, 2.75) is 17.1 Å². The van der Waals surface area contributed by atoms with Crippen LogP contribution in [0.4, 0.5) is 0 Å². The van der Waals surface area contributed by atoms with Crippen molar-refractivity contribution in [2.75, 3.05) is 46.6 Å². The van der Waals surface area contributed by atoms with Gasteiger partial charge in [0, 0.05) is 53.9 Å². The van der Waals surface area contributed by atoms with Gasteiger partial charge in [-0.25, -0.2) is 0 Å². The average Bonchev–Trinajstić information content (AvgIpc) is 3.27. The van der Waals surface area contributed by atoms with Gasteiger partial charge in [-0.05, 0) is 23.3 Å². The number of benzene rings is 2. The van der Waals surface area contributed by atoms with Crippen molar-refractivity contribution in [2.24, 2.45) is 17.3 Å². The third-order valence-electron chi connectivity index (χ3n) is 9.27. The summed E-state index contributed by atoms with van der Waals surface area (Å²) in [6.45, 7) is 3.99. The molecule has 0 radical (unpaired) electrons. The maximum absolute atomic E-state index is 13.3. The molecule has 4 heterocycles. The van der Waals surface area contributed by atoms with Gasteiger partial charge >= 0.3 is 0 Å². The highest BCUT2D eigenvalue weighted by Gasteiger charge is 2.76. The van der Waals surface area contributed by atoms with Crippen LogP contribution in [0.2, 0.25) is 0 Å². The molecule has 1 saturated carbocycles. The molecule has 2 aromatic carbocycles. The van der Waals surface area contributed by atoms with Gasteiger partial charge in [0.25, 0.3) is 0 Å². The zero-order valence-corrected chi connectivity index (χ0v) is 22.8. The summed E-state index contributed by atoms with van der Waals surface area (Å²) in [6.07, 6.45) is 3.31. The number of hydrogen-bond donors (Lipinski definition) is 2. The van der Waals surface area contributed by atoms with Gasteiger partial charge in [0.2, 0.25) is 0 Å². The maximum atomic E-state index is 13.3. The zero-order chi connectivity index (χ0) is 26.1. The van der Waals surface area contributed by atoms with Crippen LogP contribution in [0.1, 0.15) is 22.6 Å². The lowest BCUT2D eigenvalue weighted by atomic mass is 9.69. The second-order valence-electron chi connectivity index (χ2n) is 11.3. The third-order valence-corrected chi connectivity index (χ3v) is 9.79. The largest absolute Gasteiger partial charge is 0.495 e. The van der Waals surface area contributed by atoms with Gasteiger partial charge in [-0.3, -0.25) is 4.98 Å². The highest BCUT2D eigenvalue weighted by molar-refractivity contribution is 9.10. The first-order chi connectivity index (χ1) is 18.5. The van der Waals surface area contributed by atoms with Gasteiger partial charge in [0.15, 0.2) is 5.60 Å². The summed E-state index contributed by atoms with van der Waals surface area (Å²) in [6, 6.07) is 18.1. The number of aromatic nitrogens is 1. The van der Waals surface area contributed by atoms with Crippen molar-refractivity contribution in [3.05, 3.63) is 88.2 Å². The SMILES string of the molecule is COc1cncc2c1[C@]1(O)[C@@H](CN3CC4(COC4)C3)[C@H](CO)[C@@H](c3ccccc3)[C@]1(c1ccc(Br)cc1)O2. The molecule has 4 aliphatic rings. The number of hydrogen-bond acceptors (Lipinski definition) is 7. The summed E-state index contributed by atoms with van der Waals surface area (Å²) in [5.41, 5.74) is 0.0299. The average molecular weight is 579 g/mol. The Bertz CT molecular complexity index is 1340. The Morgan fingerprint density at radius 2 is 1.82 bits per heavy atom. The molecule has 3 aliphatic heterocycles. The van der Waals surface area contributed by atoms with Crippen molar-refractivity contribution in [3.8, 4) is 11.5 Å². The van der Waals surface area contributed by atoms with Crippen molar-refractivity contribution in [3.63, 3.8) is 0 Å². The number of nitrogens with zero attached hydrogens (tertiary/aromatic N) is 2. The second kappa shape index (κ2) is 8.76. The Morgan fingerprint density at radius 3 is 2.45 bits per heavy atom. The number of aliphatic hydroxyl groups is 2. The first kappa shape index (κ1) is 24.5. The van der Waals surface area contributed by atoms with Gasteiger partial charge in [-0.1, -0.05) is 58.4 Å². The highest BCUT2D eigenvalue weighted by atomic mass is 79.9. The Kier molecular flexibility index (Phi) is 5.66. The molecule has 0 amide bonds. The molecule has 38 heavy (non-hydrogen) atoms. The van der Waals surface area contributed by atoms with Crippen molar-refractivity contribution in [1.29, 1.82) is 0 Å². The molecule has 2 N–H and O–H groups in total. The summed E-state index contributed by atoms with van der Waals surface area (Å²) in [5, 5.41) is 24.3. The predicted octanol–water partition coefficient (Wildman–Crippen LogP) is 3.68. The number of likely N-dealkylation sites (tertiary alicyclic amines) is 1. The molecular weight excluding hydrogens is 548 g/mol. The highest BCUT2D eigenvalue weighted by Crippen LogP contribution is 2.72. The molecule has 1 spiro atoms. The molecule has 3 fully saturated rings. The zero-order valence-electron chi connectivity index (χ0n) is 21.2. The Morgan fingerprint density at radius 1 is 1.08 bits per heavy atom. The van der Waals surface area contributed by atoms with Crippen LogP contribution >= 0.6 is 15.9 Å². The fourth-order valence-corrected chi connectivity index (χ4v) is 8.02. The quantitative estimate of drug-likeness (QED) is 0.461. The van der Waals surface area contributed by atoms with Gasteiger partial charge in [0.05, 0.1) is 38.3 Å². The maximum Gasteiger partial charge on any atom is 0.174 e. The molecule has 0 unspecified atom stereocenters. The van der Waals surface area contributed by atoms with E-state index in [0.717, 1.165) is 41.9 Å². The Balaban J connectivity index is 1.46. The van der Waals surface area contributed by atoms with E-state index in [9.17, 15) is 10.2 Å². The van der Waals surface area contributed by atoms with Crippen molar-refractivity contribution >= 4 is 15.9 Å². The van der Waals surface area contributed by atoms with E-state index in [-0.39, 0.29) is 29.8 Å². The van der Waals surface area contributed by atoms with E-state index < -0.39 is 11.2 Å². The molecule has 0 bridgehead atoms. The van der Waals surface area contributed by atoms with E-state index in [4.69, 9.17) is 14.2 Å². The molecule has 2 saturated heterocycles.